The van der Waals surface area contributed by atoms with Crippen molar-refractivity contribution in [2.45, 2.75) is 26.4 Å². The van der Waals surface area contributed by atoms with Gasteiger partial charge < -0.3 is 9.88 Å². The lowest BCUT2D eigenvalue weighted by Crippen LogP contribution is -2.16. The summed E-state index contributed by atoms with van der Waals surface area (Å²) in [4.78, 5) is 8.10. The average Bonchev–Trinajstić information content (AvgIpc) is 2.73. The first-order valence-electron chi connectivity index (χ1n) is 6.14. The van der Waals surface area contributed by atoms with Crippen LogP contribution in [-0.4, -0.2) is 21.1 Å². The van der Waals surface area contributed by atoms with Crippen LogP contribution < -0.4 is 5.32 Å². The molecule has 0 aliphatic carbocycles. The molecule has 0 unspecified atom stereocenters. The Morgan fingerprint density at radius 1 is 1.26 bits per heavy atom. The first-order chi connectivity index (χ1) is 9.13. The Kier molecular flexibility index (Phi) is 5.19. The zero-order valence-corrected chi connectivity index (χ0v) is 12.2. The van der Waals surface area contributed by atoms with E-state index in [1.165, 1.54) is 0 Å². The predicted molar refractivity (Wildman–Crippen MR) is 77.5 cm³/mol. The van der Waals surface area contributed by atoms with Crippen molar-refractivity contribution in [2.75, 3.05) is 6.54 Å². The van der Waals surface area contributed by atoms with Gasteiger partial charge in [0.25, 0.3) is 0 Å². The SMILES string of the molecule is Cc1cn(CCCNCc2cc(Cl)nc(Cl)c2)cn1. The number of pyridine rings is 1. The van der Waals surface area contributed by atoms with Crippen LogP contribution in [0, 0.1) is 6.92 Å². The molecule has 2 rings (SSSR count). The van der Waals surface area contributed by atoms with E-state index in [1.807, 2.05) is 31.6 Å². The van der Waals surface area contributed by atoms with Crippen LogP contribution >= 0.6 is 23.2 Å². The van der Waals surface area contributed by atoms with Crippen LogP contribution in [0.4, 0.5) is 0 Å². The predicted octanol–water partition coefficient (Wildman–Crippen LogP) is 3.07. The molecular weight excluding hydrogens is 283 g/mol. The summed E-state index contributed by atoms with van der Waals surface area (Å²) < 4.78 is 2.09. The lowest BCUT2D eigenvalue weighted by Gasteiger charge is -2.06. The molecule has 0 radical (unpaired) electrons. The molecule has 0 fully saturated rings. The molecule has 19 heavy (non-hydrogen) atoms. The number of imidazole rings is 1. The highest BCUT2D eigenvalue weighted by Crippen LogP contribution is 2.14. The van der Waals surface area contributed by atoms with Gasteiger partial charge in [-0.2, -0.15) is 0 Å². The number of hydrogen-bond acceptors (Lipinski definition) is 3. The zero-order valence-electron chi connectivity index (χ0n) is 10.7. The largest absolute Gasteiger partial charge is 0.337 e. The quantitative estimate of drug-likeness (QED) is 0.658. The van der Waals surface area contributed by atoms with E-state index in [-0.39, 0.29) is 0 Å². The van der Waals surface area contributed by atoms with E-state index < -0.39 is 0 Å². The molecule has 0 spiro atoms. The fraction of sp³-hybridized carbons (Fsp3) is 0.385. The Morgan fingerprint density at radius 3 is 2.63 bits per heavy atom. The highest BCUT2D eigenvalue weighted by molar-refractivity contribution is 6.32. The molecule has 0 aliphatic heterocycles. The highest BCUT2D eigenvalue weighted by Gasteiger charge is 1.99. The molecule has 0 aromatic carbocycles. The average molecular weight is 299 g/mol. The lowest BCUT2D eigenvalue weighted by molar-refractivity contribution is 0.580. The van der Waals surface area contributed by atoms with Crippen molar-refractivity contribution in [3.05, 3.63) is 46.2 Å². The molecule has 0 atom stereocenters. The molecule has 0 bridgehead atoms. The van der Waals surface area contributed by atoms with E-state index in [4.69, 9.17) is 23.2 Å². The number of aromatic nitrogens is 3. The third-order valence-corrected chi connectivity index (χ3v) is 3.07. The summed E-state index contributed by atoms with van der Waals surface area (Å²) >= 11 is 11.7. The van der Waals surface area contributed by atoms with Crippen molar-refractivity contribution in [1.82, 2.24) is 19.9 Å². The van der Waals surface area contributed by atoms with Crippen molar-refractivity contribution in [1.29, 1.82) is 0 Å². The summed E-state index contributed by atoms with van der Waals surface area (Å²) in [6.07, 6.45) is 4.95. The number of halogens is 2. The first-order valence-corrected chi connectivity index (χ1v) is 6.90. The maximum Gasteiger partial charge on any atom is 0.131 e. The fourth-order valence-electron chi connectivity index (χ4n) is 1.83. The number of rotatable bonds is 6. The van der Waals surface area contributed by atoms with E-state index in [0.29, 0.717) is 10.3 Å². The topological polar surface area (TPSA) is 42.7 Å². The van der Waals surface area contributed by atoms with Crippen LogP contribution in [0.25, 0.3) is 0 Å². The summed E-state index contributed by atoms with van der Waals surface area (Å²) in [6, 6.07) is 3.64. The van der Waals surface area contributed by atoms with Crippen LogP contribution in [0.15, 0.2) is 24.7 Å². The van der Waals surface area contributed by atoms with E-state index in [9.17, 15) is 0 Å². The second-order valence-corrected chi connectivity index (χ2v) is 5.18. The zero-order chi connectivity index (χ0) is 13.7. The normalized spacial score (nSPS) is 10.9. The third-order valence-electron chi connectivity index (χ3n) is 2.68. The van der Waals surface area contributed by atoms with Crippen molar-refractivity contribution < 1.29 is 0 Å². The molecule has 0 saturated carbocycles. The van der Waals surface area contributed by atoms with Crippen molar-refractivity contribution in [3.63, 3.8) is 0 Å². The Labute approximate surface area is 122 Å². The van der Waals surface area contributed by atoms with Crippen LogP contribution in [0.1, 0.15) is 17.7 Å². The van der Waals surface area contributed by atoms with Crippen LogP contribution in [-0.2, 0) is 13.1 Å². The third kappa shape index (κ3) is 4.82. The van der Waals surface area contributed by atoms with Gasteiger partial charge in [-0.3, -0.25) is 0 Å². The minimum absolute atomic E-state index is 0.429. The molecule has 4 nitrogen and oxygen atoms in total. The minimum Gasteiger partial charge on any atom is -0.337 e. The van der Waals surface area contributed by atoms with Gasteiger partial charge in [0, 0.05) is 19.3 Å². The molecule has 1 N–H and O–H groups in total. The summed E-state index contributed by atoms with van der Waals surface area (Å²) in [5.41, 5.74) is 2.09. The smallest absolute Gasteiger partial charge is 0.131 e. The second-order valence-electron chi connectivity index (χ2n) is 4.40. The lowest BCUT2D eigenvalue weighted by atomic mass is 10.2. The number of aryl methyl sites for hydroxylation is 2. The van der Waals surface area contributed by atoms with Crippen molar-refractivity contribution >= 4 is 23.2 Å². The molecule has 2 aromatic rings. The summed E-state index contributed by atoms with van der Waals surface area (Å²) in [7, 11) is 0. The Balaban J connectivity index is 1.69. The Hall–Kier alpha value is -1.10. The van der Waals surface area contributed by atoms with Crippen LogP contribution in [0.5, 0.6) is 0 Å². The monoisotopic (exact) mass is 298 g/mol. The van der Waals surface area contributed by atoms with Gasteiger partial charge >= 0.3 is 0 Å². The Morgan fingerprint density at radius 2 is 2.00 bits per heavy atom. The maximum atomic E-state index is 5.84. The van der Waals surface area contributed by atoms with Gasteiger partial charge in [-0.25, -0.2) is 9.97 Å². The van der Waals surface area contributed by atoms with Gasteiger partial charge in [0.15, 0.2) is 0 Å². The number of hydrogen-bond donors (Lipinski definition) is 1. The summed E-state index contributed by atoms with van der Waals surface area (Å²) in [5.74, 6) is 0. The molecule has 102 valence electrons. The summed E-state index contributed by atoms with van der Waals surface area (Å²) in [6.45, 7) is 4.62. The Bertz CT molecular complexity index is 519. The van der Waals surface area contributed by atoms with E-state index in [2.05, 4.69) is 19.9 Å². The van der Waals surface area contributed by atoms with E-state index in [1.54, 1.807) is 0 Å². The maximum absolute atomic E-state index is 5.84. The first kappa shape index (κ1) is 14.3. The standard InChI is InChI=1S/C13H16Cl2N4/c1-10-8-19(9-17-10)4-2-3-16-7-11-5-12(14)18-13(15)6-11/h5-6,8-9,16H,2-4,7H2,1H3. The van der Waals surface area contributed by atoms with E-state index >= 15 is 0 Å². The second kappa shape index (κ2) is 6.89. The van der Waals surface area contributed by atoms with Crippen molar-refractivity contribution in [3.8, 4) is 0 Å². The number of nitrogens with zero attached hydrogens (tertiary/aromatic N) is 3. The molecule has 0 aliphatic rings. The molecule has 2 heterocycles. The van der Waals surface area contributed by atoms with Crippen molar-refractivity contribution in [2.24, 2.45) is 0 Å². The van der Waals surface area contributed by atoms with Gasteiger partial charge in [-0.05, 0) is 37.6 Å². The van der Waals surface area contributed by atoms with Gasteiger partial charge in [0.1, 0.15) is 10.3 Å². The number of nitrogens with one attached hydrogen (secondary N) is 1. The molecule has 0 amide bonds. The van der Waals surface area contributed by atoms with E-state index in [0.717, 1.165) is 37.3 Å². The molecule has 6 heteroatoms. The van der Waals surface area contributed by atoms with Crippen LogP contribution in [0.3, 0.4) is 0 Å². The molecule has 2 aromatic heterocycles. The van der Waals surface area contributed by atoms with Gasteiger partial charge in [0.2, 0.25) is 0 Å². The minimum atomic E-state index is 0.429. The van der Waals surface area contributed by atoms with Crippen LogP contribution in [0.2, 0.25) is 10.3 Å². The highest BCUT2D eigenvalue weighted by atomic mass is 35.5. The fourth-order valence-corrected chi connectivity index (χ4v) is 2.34. The molecular formula is C13H16Cl2N4. The summed E-state index contributed by atoms with van der Waals surface area (Å²) in [5, 5.41) is 4.21. The van der Waals surface area contributed by atoms with Gasteiger partial charge in [0.05, 0.1) is 12.0 Å². The molecule has 0 saturated heterocycles. The van der Waals surface area contributed by atoms with Gasteiger partial charge in [-0.15, -0.1) is 0 Å². The van der Waals surface area contributed by atoms with Gasteiger partial charge in [-0.1, -0.05) is 23.2 Å².